The van der Waals surface area contributed by atoms with Gasteiger partial charge in [0.25, 0.3) is 0 Å². The molecule has 1 saturated carbocycles. The van der Waals surface area contributed by atoms with Crippen molar-refractivity contribution in [1.82, 2.24) is 9.80 Å². The predicted octanol–water partition coefficient (Wildman–Crippen LogP) is 3.54. The van der Waals surface area contributed by atoms with Gasteiger partial charge in [0.15, 0.2) is 0 Å². The Kier molecular flexibility index (Phi) is 7.21. The van der Waals surface area contributed by atoms with E-state index < -0.39 is 5.41 Å². The van der Waals surface area contributed by atoms with E-state index in [-0.39, 0.29) is 17.0 Å². The molecular formula is C21H38N2O2. The standard InChI is InChI=1S/C21H38N2O2/c1-5-9-21(10-6-2)18(24)15-20(16-19(21)25)11-14-23(17-20)13-8-7-12-22(3)4/h5-17H2,1-4H3. The number of ketones is 2. The molecule has 0 atom stereocenters. The quantitative estimate of drug-likeness (QED) is 0.471. The Bertz CT molecular complexity index is 447. The smallest absolute Gasteiger partial charge is 0.147 e. The molecule has 1 saturated heterocycles. The van der Waals surface area contributed by atoms with E-state index in [1.165, 1.54) is 12.8 Å². The molecule has 0 unspecified atom stereocenters. The van der Waals surface area contributed by atoms with Crippen molar-refractivity contribution in [2.75, 3.05) is 40.3 Å². The van der Waals surface area contributed by atoms with Crippen LogP contribution in [0.3, 0.4) is 0 Å². The summed E-state index contributed by atoms with van der Waals surface area (Å²) in [7, 11) is 4.23. The van der Waals surface area contributed by atoms with Crippen molar-refractivity contribution in [3.05, 3.63) is 0 Å². The minimum Gasteiger partial charge on any atom is -0.309 e. The Morgan fingerprint density at radius 1 is 1.00 bits per heavy atom. The zero-order chi connectivity index (χ0) is 18.5. The highest BCUT2D eigenvalue weighted by molar-refractivity contribution is 6.09. The van der Waals surface area contributed by atoms with Gasteiger partial charge in [-0.2, -0.15) is 0 Å². The van der Waals surface area contributed by atoms with Crippen molar-refractivity contribution >= 4 is 11.6 Å². The number of unbranched alkanes of at least 4 members (excludes halogenated alkanes) is 1. The van der Waals surface area contributed by atoms with Gasteiger partial charge in [0.05, 0.1) is 5.41 Å². The van der Waals surface area contributed by atoms with E-state index in [0.717, 1.165) is 58.3 Å². The third-order valence-electron chi connectivity index (χ3n) is 6.34. The average molecular weight is 351 g/mol. The lowest BCUT2D eigenvalue weighted by molar-refractivity contribution is -0.150. The van der Waals surface area contributed by atoms with Gasteiger partial charge in [-0.3, -0.25) is 9.59 Å². The van der Waals surface area contributed by atoms with Crippen molar-refractivity contribution in [2.24, 2.45) is 10.8 Å². The van der Waals surface area contributed by atoms with E-state index in [1.807, 2.05) is 0 Å². The number of rotatable bonds is 9. The Labute approximate surface area is 154 Å². The van der Waals surface area contributed by atoms with Crippen molar-refractivity contribution < 1.29 is 9.59 Å². The molecule has 0 N–H and O–H groups in total. The molecule has 0 aromatic heterocycles. The van der Waals surface area contributed by atoms with Gasteiger partial charge in [-0.15, -0.1) is 0 Å². The second kappa shape index (κ2) is 8.77. The van der Waals surface area contributed by atoms with Crippen LogP contribution >= 0.6 is 0 Å². The topological polar surface area (TPSA) is 40.6 Å². The van der Waals surface area contributed by atoms with E-state index in [2.05, 4.69) is 37.7 Å². The summed E-state index contributed by atoms with van der Waals surface area (Å²) < 4.78 is 0. The van der Waals surface area contributed by atoms with Crippen molar-refractivity contribution in [3.63, 3.8) is 0 Å². The molecule has 0 aromatic carbocycles. The maximum Gasteiger partial charge on any atom is 0.147 e. The molecule has 2 rings (SSSR count). The molecule has 1 aliphatic heterocycles. The minimum atomic E-state index is -0.645. The summed E-state index contributed by atoms with van der Waals surface area (Å²) >= 11 is 0. The maximum atomic E-state index is 13.1. The molecule has 4 nitrogen and oxygen atoms in total. The van der Waals surface area contributed by atoms with E-state index >= 15 is 0 Å². The lowest BCUT2D eigenvalue weighted by Gasteiger charge is -2.42. The summed E-state index contributed by atoms with van der Waals surface area (Å²) in [5.74, 6) is 0.504. The molecule has 2 aliphatic rings. The van der Waals surface area contributed by atoms with Gasteiger partial charge in [-0.05, 0) is 71.2 Å². The second-order valence-corrected chi connectivity index (χ2v) is 8.82. The Hall–Kier alpha value is -0.740. The summed E-state index contributed by atoms with van der Waals surface area (Å²) in [6.45, 7) is 8.41. The highest BCUT2D eigenvalue weighted by Gasteiger charge is 2.54. The fourth-order valence-electron chi connectivity index (χ4n) is 5.04. The van der Waals surface area contributed by atoms with E-state index in [0.29, 0.717) is 12.8 Å². The molecule has 4 heteroatoms. The molecule has 1 heterocycles. The third-order valence-corrected chi connectivity index (χ3v) is 6.34. The average Bonchev–Trinajstić information content (AvgIpc) is 2.92. The van der Waals surface area contributed by atoms with Crippen molar-refractivity contribution in [1.29, 1.82) is 0 Å². The number of likely N-dealkylation sites (tertiary alicyclic amines) is 1. The van der Waals surface area contributed by atoms with E-state index in [4.69, 9.17) is 0 Å². The van der Waals surface area contributed by atoms with Crippen LogP contribution in [0, 0.1) is 10.8 Å². The van der Waals surface area contributed by atoms with Crippen LogP contribution in [-0.4, -0.2) is 61.6 Å². The third kappa shape index (κ3) is 4.71. The van der Waals surface area contributed by atoms with Crippen LogP contribution < -0.4 is 0 Å². The normalized spacial score (nSPS) is 23.1. The van der Waals surface area contributed by atoms with Gasteiger partial charge >= 0.3 is 0 Å². The maximum absolute atomic E-state index is 13.1. The Balaban J connectivity index is 1.94. The molecule has 25 heavy (non-hydrogen) atoms. The zero-order valence-electron chi connectivity index (χ0n) is 16.9. The van der Waals surface area contributed by atoms with E-state index in [1.54, 1.807) is 0 Å². The molecule has 0 amide bonds. The number of hydrogen-bond donors (Lipinski definition) is 0. The molecule has 1 spiro atoms. The lowest BCUT2D eigenvalue weighted by Crippen LogP contribution is -2.50. The van der Waals surface area contributed by atoms with Gasteiger partial charge in [0, 0.05) is 19.4 Å². The number of hydrogen-bond acceptors (Lipinski definition) is 4. The Morgan fingerprint density at radius 3 is 2.12 bits per heavy atom. The fourth-order valence-corrected chi connectivity index (χ4v) is 5.04. The van der Waals surface area contributed by atoms with Crippen molar-refractivity contribution in [2.45, 2.75) is 71.6 Å². The number of nitrogens with zero attached hydrogens (tertiary/aromatic N) is 2. The zero-order valence-corrected chi connectivity index (χ0v) is 16.9. The second-order valence-electron chi connectivity index (χ2n) is 8.82. The van der Waals surface area contributed by atoms with Gasteiger partial charge in [-0.1, -0.05) is 26.7 Å². The van der Waals surface area contributed by atoms with Crippen LogP contribution in [0.1, 0.15) is 71.6 Å². The predicted molar refractivity (Wildman–Crippen MR) is 103 cm³/mol. The van der Waals surface area contributed by atoms with Crippen LogP contribution in [0.15, 0.2) is 0 Å². The summed E-state index contributed by atoms with van der Waals surface area (Å²) in [4.78, 5) is 30.8. The summed E-state index contributed by atoms with van der Waals surface area (Å²) in [6.07, 6.45) is 8.04. The molecule has 0 bridgehead atoms. The molecule has 2 fully saturated rings. The molecule has 144 valence electrons. The van der Waals surface area contributed by atoms with Crippen LogP contribution in [0.25, 0.3) is 0 Å². The van der Waals surface area contributed by atoms with Crippen LogP contribution in [0.4, 0.5) is 0 Å². The molecular weight excluding hydrogens is 312 g/mol. The Morgan fingerprint density at radius 2 is 1.60 bits per heavy atom. The summed E-state index contributed by atoms with van der Waals surface area (Å²) in [5.41, 5.74) is -0.700. The van der Waals surface area contributed by atoms with Crippen LogP contribution in [-0.2, 0) is 9.59 Å². The monoisotopic (exact) mass is 350 g/mol. The molecule has 0 radical (unpaired) electrons. The first-order valence-corrected chi connectivity index (χ1v) is 10.3. The summed E-state index contributed by atoms with van der Waals surface area (Å²) in [6, 6.07) is 0. The largest absolute Gasteiger partial charge is 0.309 e. The number of carbonyl (C=O) groups is 2. The van der Waals surface area contributed by atoms with Gasteiger partial charge < -0.3 is 9.80 Å². The first-order chi connectivity index (χ1) is 11.9. The number of Topliss-reactive ketones (excluding diaryl/α,β-unsaturated/α-hetero) is 2. The lowest BCUT2D eigenvalue weighted by atomic mass is 9.59. The van der Waals surface area contributed by atoms with Gasteiger partial charge in [0.2, 0.25) is 0 Å². The first kappa shape index (κ1) is 20.6. The molecule has 1 aliphatic carbocycles. The van der Waals surface area contributed by atoms with Gasteiger partial charge in [0.1, 0.15) is 11.6 Å². The number of carbonyl (C=O) groups excluding carboxylic acids is 2. The van der Waals surface area contributed by atoms with Crippen LogP contribution in [0.2, 0.25) is 0 Å². The fraction of sp³-hybridized carbons (Fsp3) is 0.905. The van der Waals surface area contributed by atoms with Crippen LogP contribution in [0.5, 0.6) is 0 Å². The SMILES string of the molecule is CCCC1(CCC)C(=O)CC2(CCN(CCCCN(C)C)C2)CC1=O. The highest BCUT2D eigenvalue weighted by atomic mass is 16.2. The van der Waals surface area contributed by atoms with Crippen molar-refractivity contribution in [3.8, 4) is 0 Å². The highest BCUT2D eigenvalue weighted by Crippen LogP contribution is 2.49. The molecule has 0 aromatic rings. The first-order valence-electron chi connectivity index (χ1n) is 10.3. The summed E-state index contributed by atoms with van der Waals surface area (Å²) in [5, 5.41) is 0. The van der Waals surface area contributed by atoms with Gasteiger partial charge in [-0.25, -0.2) is 0 Å². The minimum absolute atomic E-state index is 0.0549. The van der Waals surface area contributed by atoms with E-state index in [9.17, 15) is 9.59 Å².